The van der Waals surface area contributed by atoms with Crippen LogP contribution in [0.5, 0.6) is 0 Å². The molecule has 0 amide bonds. The summed E-state index contributed by atoms with van der Waals surface area (Å²) >= 11 is 15.2. The normalized spacial score (nSPS) is 10.5. The maximum absolute atomic E-state index is 13.1. The molecule has 2 aromatic carbocycles. The molecule has 98 valence electrons. The van der Waals surface area contributed by atoms with Crippen molar-refractivity contribution in [1.29, 1.82) is 0 Å². The maximum Gasteiger partial charge on any atom is 0.168 e. The average molecular weight is 362 g/mol. The minimum absolute atomic E-state index is 0.00671. The second-order valence-corrected chi connectivity index (χ2v) is 5.69. The molecule has 0 atom stereocenters. The van der Waals surface area contributed by atoms with Gasteiger partial charge in [0.05, 0.1) is 5.02 Å². The fourth-order valence-corrected chi connectivity index (χ4v) is 2.43. The molecular formula is C14H8BrCl2FO. The molecule has 0 bridgehead atoms. The lowest BCUT2D eigenvalue weighted by Crippen LogP contribution is -2.05. The lowest BCUT2D eigenvalue weighted by molar-refractivity contribution is 0.0993. The Morgan fingerprint density at radius 1 is 1.11 bits per heavy atom. The molecule has 2 rings (SSSR count). The van der Waals surface area contributed by atoms with E-state index >= 15 is 0 Å². The van der Waals surface area contributed by atoms with E-state index in [1.165, 1.54) is 18.2 Å². The Kier molecular flexibility index (Phi) is 4.61. The number of carbonyl (C=O) groups is 1. The molecule has 0 aliphatic rings. The first-order valence-corrected chi connectivity index (χ1v) is 6.94. The van der Waals surface area contributed by atoms with Gasteiger partial charge in [0, 0.05) is 21.5 Å². The van der Waals surface area contributed by atoms with Crippen molar-refractivity contribution < 1.29 is 9.18 Å². The van der Waals surface area contributed by atoms with E-state index in [0.29, 0.717) is 21.2 Å². The Morgan fingerprint density at radius 3 is 2.53 bits per heavy atom. The van der Waals surface area contributed by atoms with Crippen LogP contribution < -0.4 is 0 Å². The minimum Gasteiger partial charge on any atom is -0.294 e. The van der Waals surface area contributed by atoms with Gasteiger partial charge in [-0.2, -0.15) is 0 Å². The van der Waals surface area contributed by atoms with Gasteiger partial charge in [-0.15, -0.1) is 0 Å². The Balaban J connectivity index is 2.30. The van der Waals surface area contributed by atoms with Gasteiger partial charge >= 0.3 is 0 Å². The smallest absolute Gasteiger partial charge is 0.168 e. The largest absolute Gasteiger partial charge is 0.294 e. The predicted octanol–water partition coefficient (Wildman–Crippen LogP) is 5.32. The molecule has 0 saturated carbocycles. The molecule has 0 unspecified atom stereocenters. The molecule has 0 fully saturated rings. The number of carbonyl (C=O) groups excluding carboxylic acids is 1. The number of halogens is 4. The van der Waals surface area contributed by atoms with E-state index in [1.807, 2.05) is 0 Å². The van der Waals surface area contributed by atoms with Crippen molar-refractivity contribution in [2.24, 2.45) is 0 Å². The molecule has 0 radical (unpaired) electrons. The van der Waals surface area contributed by atoms with E-state index in [1.54, 1.807) is 18.2 Å². The van der Waals surface area contributed by atoms with E-state index in [-0.39, 0.29) is 12.2 Å². The van der Waals surface area contributed by atoms with Gasteiger partial charge in [-0.1, -0.05) is 39.1 Å². The number of benzene rings is 2. The van der Waals surface area contributed by atoms with Crippen molar-refractivity contribution >= 4 is 44.9 Å². The third kappa shape index (κ3) is 3.56. The highest BCUT2D eigenvalue weighted by Crippen LogP contribution is 2.24. The van der Waals surface area contributed by atoms with E-state index in [9.17, 15) is 9.18 Å². The molecule has 2 aromatic rings. The highest BCUT2D eigenvalue weighted by Gasteiger charge is 2.14. The zero-order valence-electron chi connectivity index (χ0n) is 9.59. The van der Waals surface area contributed by atoms with Crippen LogP contribution in [0.3, 0.4) is 0 Å². The molecule has 0 aliphatic heterocycles. The van der Waals surface area contributed by atoms with Crippen LogP contribution in [-0.4, -0.2) is 5.78 Å². The monoisotopic (exact) mass is 360 g/mol. The van der Waals surface area contributed by atoms with Crippen LogP contribution in [0.2, 0.25) is 10.0 Å². The quantitative estimate of drug-likeness (QED) is 0.676. The second-order valence-electron chi connectivity index (χ2n) is 3.96. The SMILES string of the molecule is O=C(Cc1cc(F)ccc1Cl)c1cc(Br)ccc1Cl. The lowest BCUT2D eigenvalue weighted by Gasteiger charge is -2.06. The Hall–Kier alpha value is -0.900. The highest BCUT2D eigenvalue weighted by atomic mass is 79.9. The van der Waals surface area contributed by atoms with Crippen molar-refractivity contribution in [1.82, 2.24) is 0 Å². The van der Waals surface area contributed by atoms with Crippen molar-refractivity contribution in [3.8, 4) is 0 Å². The van der Waals surface area contributed by atoms with Crippen LogP contribution in [0, 0.1) is 5.82 Å². The van der Waals surface area contributed by atoms with Gasteiger partial charge in [0.15, 0.2) is 5.78 Å². The molecule has 0 N–H and O–H groups in total. The second kappa shape index (κ2) is 6.04. The van der Waals surface area contributed by atoms with E-state index < -0.39 is 5.82 Å². The van der Waals surface area contributed by atoms with Gasteiger partial charge in [-0.3, -0.25) is 4.79 Å². The standard InChI is InChI=1S/C14H8BrCl2FO/c15-9-1-3-13(17)11(7-9)14(19)6-8-5-10(18)2-4-12(8)16/h1-5,7H,6H2. The summed E-state index contributed by atoms with van der Waals surface area (Å²) in [5.41, 5.74) is 0.832. The third-order valence-electron chi connectivity index (χ3n) is 2.59. The Bertz CT molecular complexity index is 643. The molecule has 0 spiro atoms. The van der Waals surface area contributed by atoms with E-state index in [2.05, 4.69) is 15.9 Å². The van der Waals surface area contributed by atoms with Gasteiger partial charge in [0.1, 0.15) is 5.82 Å². The van der Waals surface area contributed by atoms with Crippen LogP contribution in [0.25, 0.3) is 0 Å². The molecule has 19 heavy (non-hydrogen) atoms. The first-order valence-electron chi connectivity index (χ1n) is 5.39. The van der Waals surface area contributed by atoms with Crippen molar-refractivity contribution in [2.75, 3.05) is 0 Å². The number of hydrogen-bond acceptors (Lipinski definition) is 1. The summed E-state index contributed by atoms with van der Waals surface area (Å²) in [5.74, 6) is -0.633. The topological polar surface area (TPSA) is 17.1 Å². The molecule has 0 heterocycles. The summed E-state index contributed by atoms with van der Waals surface area (Å²) in [4.78, 5) is 12.2. The van der Waals surface area contributed by atoms with Gasteiger partial charge < -0.3 is 0 Å². The highest BCUT2D eigenvalue weighted by molar-refractivity contribution is 9.10. The summed E-state index contributed by atoms with van der Waals surface area (Å²) in [7, 11) is 0. The summed E-state index contributed by atoms with van der Waals surface area (Å²) in [6, 6.07) is 8.95. The van der Waals surface area contributed by atoms with Gasteiger partial charge in [-0.25, -0.2) is 4.39 Å². The summed E-state index contributed by atoms with van der Waals surface area (Å²) < 4.78 is 13.9. The van der Waals surface area contributed by atoms with Crippen molar-refractivity contribution in [3.05, 3.63) is 67.9 Å². The molecule has 5 heteroatoms. The minimum atomic E-state index is -0.424. The number of hydrogen-bond donors (Lipinski definition) is 0. The zero-order valence-corrected chi connectivity index (χ0v) is 12.7. The van der Waals surface area contributed by atoms with Gasteiger partial charge in [0.25, 0.3) is 0 Å². The number of Topliss-reactive ketones (excluding diaryl/α,β-unsaturated/α-hetero) is 1. The predicted molar refractivity (Wildman–Crippen MR) is 78.6 cm³/mol. The van der Waals surface area contributed by atoms with E-state index in [0.717, 1.165) is 4.47 Å². The summed E-state index contributed by atoms with van der Waals surface area (Å²) in [6.07, 6.45) is 0.00671. The number of rotatable bonds is 3. The van der Waals surface area contributed by atoms with Crippen LogP contribution in [0.4, 0.5) is 4.39 Å². The van der Waals surface area contributed by atoms with Crippen molar-refractivity contribution in [2.45, 2.75) is 6.42 Å². The lowest BCUT2D eigenvalue weighted by atomic mass is 10.0. The van der Waals surface area contributed by atoms with Gasteiger partial charge in [-0.05, 0) is 42.0 Å². The fourth-order valence-electron chi connectivity index (χ4n) is 1.66. The molecule has 1 nitrogen and oxygen atoms in total. The molecule has 0 aromatic heterocycles. The average Bonchev–Trinajstić information content (AvgIpc) is 2.36. The van der Waals surface area contributed by atoms with Crippen LogP contribution in [0.15, 0.2) is 40.9 Å². The molecule has 0 aliphatic carbocycles. The first-order chi connectivity index (χ1) is 8.97. The molecule has 0 saturated heterocycles. The third-order valence-corrected chi connectivity index (χ3v) is 3.78. The van der Waals surface area contributed by atoms with Crippen LogP contribution >= 0.6 is 39.1 Å². The van der Waals surface area contributed by atoms with Crippen molar-refractivity contribution in [3.63, 3.8) is 0 Å². The first kappa shape index (κ1) is 14.5. The fraction of sp³-hybridized carbons (Fsp3) is 0.0714. The summed E-state index contributed by atoms with van der Waals surface area (Å²) in [5, 5.41) is 0.724. The number of ketones is 1. The maximum atomic E-state index is 13.1. The van der Waals surface area contributed by atoms with Gasteiger partial charge in [0.2, 0.25) is 0 Å². The van der Waals surface area contributed by atoms with Crippen LogP contribution in [0.1, 0.15) is 15.9 Å². The zero-order chi connectivity index (χ0) is 14.0. The Labute approximate surface area is 128 Å². The molecular weight excluding hydrogens is 354 g/mol. The van der Waals surface area contributed by atoms with Crippen LogP contribution in [-0.2, 0) is 6.42 Å². The van der Waals surface area contributed by atoms with E-state index in [4.69, 9.17) is 23.2 Å². The summed E-state index contributed by atoms with van der Waals surface area (Å²) in [6.45, 7) is 0. The Morgan fingerprint density at radius 2 is 1.79 bits per heavy atom.